The maximum Gasteiger partial charge on any atom is 0.196 e. The molecule has 1 atom stereocenters. The second kappa shape index (κ2) is 10.3. The van der Waals surface area contributed by atoms with E-state index in [4.69, 9.17) is 8.92 Å². The molecule has 0 saturated heterocycles. The van der Waals surface area contributed by atoms with Gasteiger partial charge in [-0.2, -0.15) is 0 Å². The number of aryl methyl sites for hydroxylation is 1. The molecule has 3 nitrogen and oxygen atoms in total. The number of hydrogen-bond donors (Lipinski definition) is 0. The molecule has 0 aliphatic rings. The third kappa shape index (κ3) is 5.62. The summed E-state index contributed by atoms with van der Waals surface area (Å²) in [5, 5.41) is 0. The van der Waals surface area contributed by atoms with Crippen LogP contribution in [-0.2, 0) is 10.6 Å². The molecule has 0 amide bonds. The first-order valence-corrected chi connectivity index (χ1v) is 9.89. The van der Waals surface area contributed by atoms with E-state index in [0.717, 1.165) is 24.8 Å². The van der Waals surface area contributed by atoms with Crippen LogP contribution < -0.4 is 4.74 Å². The fourth-order valence-corrected chi connectivity index (χ4v) is 3.11. The van der Waals surface area contributed by atoms with Crippen LogP contribution in [0.1, 0.15) is 48.2 Å². The van der Waals surface area contributed by atoms with E-state index in [1.807, 2.05) is 54.8 Å². The lowest BCUT2D eigenvalue weighted by atomic mass is 9.99. The molecule has 0 bridgehead atoms. The van der Waals surface area contributed by atoms with Crippen molar-refractivity contribution < 1.29 is 13.7 Å². The van der Waals surface area contributed by atoms with E-state index in [0.29, 0.717) is 23.5 Å². The molecule has 1 unspecified atom stereocenters. The van der Waals surface area contributed by atoms with E-state index < -0.39 is 0 Å². The van der Waals surface area contributed by atoms with E-state index in [1.54, 1.807) is 0 Å². The van der Waals surface area contributed by atoms with Crippen molar-refractivity contribution in [2.75, 3.05) is 12.9 Å². The molecular weight excluding hydrogens is 332 g/mol. The second-order valence-corrected chi connectivity index (χ2v) is 6.34. The predicted octanol–water partition coefficient (Wildman–Crippen LogP) is 5.32. The van der Waals surface area contributed by atoms with Gasteiger partial charge in [0.15, 0.2) is 5.78 Å². The van der Waals surface area contributed by atoms with Crippen LogP contribution in [0.5, 0.6) is 5.75 Å². The van der Waals surface area contributed by atoms with Crippen LogP contribution >= 0.6 is 12.0 Å². The van der Waals surface area contributed by atoms with Gasteiger partial charge >= 0.3 is 0 Å². The zero-order valence-electron chi connectivity index (χ0n) is 15.2. The van der Waals surface area contributed by atoms with Crippen LogP contribution in [0.4, 0.5) is 0 Å². The fourth-order valence-electron chi connectivity index (χ4n) is 2.60. The molecule has 2 aromatic carbocycles. The topological polar surface area (TPSA) is 35.5 Å². The lowest BCUT2D eigenvalue weighted by Gasteiger charge is -2.16. The predicted molar refractivity (Wildman–Crippen MR) is 104 cm³/mol. The number of carbonyl (C=O) groups excluding carboxylic acids is 1. The molecule has 25 heavy (non-hydrogen) atoms. The van der Waals surface area contributed by atoms with Crippen molar-refractivity contribution >= 4 is 17.8 Å². The molecular formula is C21H26O3S. The van der Waals surface area contributed by atoms with Crippen molar-refractivity contribution in [3.63, 3.8) is 0 Å². The average molecular weight is 359 g/mol. The Balaban J connectivity index is 2.16. The Bertz CT molecular complexity index is 670. The number of ketones is 1. The maximum atomic E-state index is 12.9. The summed E-state index contributed by atoms with van der Waals surface area (Å²) in [6, 6.07) is 15.2. The molecule has 0 saturated carbocycles. The summed E-state index contributed by atoms with van der Waals surface area (Å²) in [5.41, 5.74) is 2.44. The quantitative estimate of drug-likeness (QED) is 0.425. The first-order chi connectivity index (χ1) is 12.2. The summed E-state index contributed by atoms with van der Waals surface area (Å²) in [4.78, 5) is 12.9. The van der Waals surface area contributed by atoms with E-state index >= 15 is 0 Å². The fraction of sp³-hybridized carbons (Fsp3) is 0.381. The molecule has 0 fully saturated rings. The lowest BCUT2D eigenvalue weighted by molar-refractivity contribution is 0.103. The van der Waals surface area contributed by atoms with Gasteiger partial charge in [-0.3, -0.25) is 4.79 Å². The van der Waals surface area contributed by atoms with E-state index in [2.05, 4.69) is 13.8 Å². The van der Waals surface area contributed by atoms with Gasteiger partial charge < -0.3 is 8.92 Å². The molecule has 0 aliphatic heterocycles. The SMILES string of the molecule is CCc1ccc(OCCC(CC)OSC)c(C(=O)c2ccccc2)c1. The number of carbonyl (C=O) groups is 1. The van der Waals surface area contributed by atoms with Gasteiger partial charge in [0.05, 0.1) is 18.3 Å². The number of hydrogen-bond acceptors (Lipinski definition) is 4. The first kappa shape index (κ1) is 19.5. The van der Waals surface area contributed by atoms with E-state index in [-0.39, 0.29) is 11.9 Å². The molecule has 0 aromatic heterocycles. The van der Waals surface area contributed by atoms with Crippen LogP contribution in [0.15, 0.2) is 48.5 Å². The second-order valence-electron chi connectivity index (χ2n) is 5.81. The van der Waals surface area contributed by atoms with Crippen molar-refractivity contribution in [1.82, 2.24) is 0 Å². The van der Waals surface area contributed by atoms with Crippen molar-refractivity contribution in [1.29, 1.82) is 0 Å². The third-order valence-corrected chi connectivity index (χ3v) is 4.58. The summed E-state index contributed by atoms with van der Waals surface area (Å²) in [6.45, 7) is 4.71. The minimum Gasteiger partial charge on any atom is -0.493 e. The van der Waals surface area contributed by atoms with Crippen LogP contribution in [0.2, 0.25) is 0 Å². The maximum absolute atomic E-state index is 12.9. The van der Waals surface area contributed by atoms with E-state index in [1.165, 1.54) is 12.0 Å². The molecule has 0 spiro atoms. The van der Waals surface area contributed by atoms with Crippen molar-refractivity contribution in [2.45, 2.75) is 39.2 Å². The minimum absolute atomic E-state index is 0.00157. The minimum atomic E-state index is -0.00157. The first-order valence-electron chi connectivity index (χ1n) is 8.74. The Kier molecular flexibility index (Phi) is 8.02. The molecule has 0 N–H and O–H groups in total. The Morgan fingerprint density at radius 2 is 1.88 bits per heavy atom. The average Bonchev–Trinajstić information content (AvgIpc) is 2.67. The Hall–Kier alpha value is -1.78. The zero-order valence-corrected chi connectivity index (χ0v) is 16.0. The smallest absolute Gasteiger partial charge is 0.196 e. The van der Waals surface area contributed by atoms with Crippen LogP contribution in [0.25, 0.3) is 0 Å². The molecule has 0 aliphatic carbocycles. The highest BCUT2D eigenvalue weighted by atomic mass is 32.2. The van der Waals surface area contributed by atoms with Gasteiger partial charge in [0.25, 0.3) is 0 Å². The summed E-state index contributed by atoms with van der Waals surface area (Å²) in [5.74, 6) is 0.642. The van der Waals surface area contributed by atoms with Gasteiger partial charge in [-0.15, -0.1) is 0 Å². The number of ether oxygens (including phenoxy) is 1. The van der Waals surface area contributed by atoms with Gasteiger partial charge in [0.1, 0.15) is 5.75 Å². The monoisotopic (exact) mass is 358 g/mol. The molecule has 0 heterocycles. The zero-order chi connectivity index (χ0) is 18.1. The van der Waals surface area contributed by atoms with Gasteiger partial charge in [0, 0.05) is 18.2 Å². The third-order valence-electron chi connectivity index (χ3n) is 4.12. The molecule has 2 rings (SSSR count). The largest absolute Gasteiger partial charge is 0.493 e. The highest BCUT2D eigenvalue weighted by Crippen LogP contribution is 2.24. The van der Waals surface area contributed by atoms with Gasteiger partial charge in [0.2, 0.25) is 0 Å². The Morgan fingerprint density at radius 3 is 2.52 bits per heavy atom. The van der Waals surface area contributed by atoms with Crippen LogP contribution in [0, 0.1) is 0 Å². The van der Waals surface area contributed by atoms with Crippen molar-refractivity contribution in [2.24, 2.45) is 0 Å². The lowest BCUT2D eigenvalue weighted by Crippen LogP contribution is -2.14. The van der Waals surface area contributed by atoms with Crippen molar-refractivity contribution in [3.8, 4) is 5.75 Å². The normalized spacial score (nSPS) is 12.0. The van der Waals surface area contributed by atoms with Crippen LogP contribution in [0.3, 0.4) is 0 Å². The molecule has 0 radical (unpaired) electrons. The number of rotatable bonds is 10. The summed E-state index contributed by atoms with van der Waals surface area (Å²) in [6.07, 6.45) is 4.71. The Morgan fingerprint density at radius 1 is 1.12 bits per heavy atom. The van der Waals surface area contributed by atoms with Gasteiger partial charge in [-0.25, -0.2) is 0 Å². The number of benzene rings is 2. The van der Waals surface area contributed by atoms with Crippen LogP contribution in [-0.4, -0.2) is 24.7 Å². The highest BCUT2D eigenvalue weighted by molar-refractivity contribution is 7.93. The molecule has 2 aromatic rings. The highest BCUT2D eigenvalue weighted by Gasteiger charge is 2.16. The summed E-state index contributed by atoms with van der Waals surface area (Å²) in [7, 11) is 0. The summed E-state index contributed by atoms with van der Waals surface area (Å²) >= 11 is 1.38. The standard InChI is InChI=1S/C21H26O3S/c1-4-16-11-12-20(23-14-13-18(5-2)24-25-3)19(15-16)21(22)17-9-7-6-8-10-17/h6-12,15,18H,4-5,13-14H2,1-3H3. The molecule has 4 heteroatoms. The van der Waals surface area contributed by atoms with E-state index in [9.17, 15) is 4.79 Å². The molecule has 134 valence electrons. The van der Waals surface area contributed by atoms with Gasteiger partial charge in [-0.1, -0.05) is 50.2 Å². The Labute approximate surface area is 154 Å². The van der Waals surface area contributed by atoms with Gasteiger partial charge in [-0.05, 0) is 42.6 Å². The van der Waals surface area contributed by atoms with Crippen molar-refractivity contribution in [3.05, 3.63) is 65.2 Å². The summed E-state index contributed by atoms with van der Waals surface area (Å²) < 4.78 is 11.5.